The normalized spacial score (nSPS) is 11.8. The quantitative estimate of drug-likeness (QED) is 0.391. The molecule has 0 aliphatic carbocycles. The Labute approximate surface area is 206 Å². The summed E-state index contributed by atoms with van der Waals surface area (Å²) in [6.07, 6.45) is 0. The average Bonchev–Trinajstić information content (AvgIpc) is 3.21. The summed E-state index contributed by atoms with van der Waals surface area (Å²) in [4.78, 5) is 25.1. The molecule has 7 nitrogen and oxygen atoms in total. The van der Waals surface area contributed by atoms with Gasteiger partial charge in [-0.1, -0.05) is 45.4 Å². The van der Waals surface area contributed by atoms with Crippen LogP contribution in [0.25, 0.3) is 0 Å². The molecule has 0 fully saturated rings. The third-order valence-electron chi connectivity index (χ3n) is 5.44. The minimum atomic E-state index is -0.331. The van der Waals surface area contributed by atoms with E-state index >= 15 is 0 Å². The molecule has 0 saturated heterocycles. The second-order valence-electron chi connectivity index (χ2n) is 7.83. The number of nitrogens with one attached hydrogen (secondary N) is 2. The van der Waals surface area contributed by atoms with E-state index in [2.05, 4.69) is 36.8 Å². The number of anilines is 1. The first-order chi connectivity index (χ1) is 15.7. The zero-order valence-electron chi connectivity index (χ0n) is 19.4. The van der Waals surface area contributed by atoms with Crippen LogP contribution < -0.4 is 10.6 Å². The third kappa shape index (κ3) is 6.03. The molecule has 2 amide bonds. The average molecular weight is 530 g/mol. The molecule has 0 radical (unpaired) electrons. The van der Waals surface area contributed by atoms with E-state index in [-0.39, 0.29) is 23.6 Å². The number of aromatic nitrogens is 3. The molecule has 1 heterocycles. The molecule has 1 aromatic heterocycles. The highest BCUT2D eigenvalue weighted by molar-refractivity contribution is 9.10. The lowest BCUT2D eigenvalue weighted by atomic mass is 10.1. The lowest BCUT2D eigenvalue weighted by Crippen LogP contribution is -2.28. The van der Waals surface area contributed by atoms with Gasteiger partial charge in [-0.05, 0) is 70.0 Å². The Balaban J connectivity index is 1.64. The molecular weight excluding hydrogens is 502 g/mol. The van der Waals surface area contributed by atoms with Gasteiger partial charge >= 0.3 is 0 Å². The van der Waals surface area contributed by atoms with Crippen molar-refractivity contribution in [3.8, 4) is 0 Å². The summed E-state index contributed by atoms with van der Waals surface area (Å²) >= 11 is 4.83. The van der Waals surface area contributed by atoms with E-state index in [4.69, 9.17) is 0 Å². The molecule has 33 heavy (non-hydrogen) atoms. The van der Waals surface area contributed by atoms with Crippen LogP contribution in [0.2, 0.25) is 0 Å². The smallest absolute Gasteiger partial charge is 0.251 e. The molecule has 0 spiro atoms. The number of carbonyl (C=O) groups is 2. The fourth-order valence-electron chi connectivity index (χ4n) is 3.31. The van der Waals surface area contributed by atoms with Gasteiger partial charge in [-0.25, -0.2) is 0 Å². The van der Waals surface area contributed by atoms with Gasteiger partial charge in [-0.15, -0.1) is 10.2 Å². The van der Waals surface area contributed by atoms with E-state index in [0.29, 0.717) is 23.1 Å². The van der Waals surface area contributed by atoms with Crippen molar-refractivity contribution in [3.63, 3.8) is 0 Å². The molecule has 1 unspecified atom stereocenters. The largest absolute Gasteiger partial charge is 0.342 e. The Morgan fingerprint density at radius 2 is 1.76 bits per heavy atom. The molecule has 3 rings (SSSR count). The number of hydrogen-bond donors (Lipinski definition) is 2. The molecule has 0 saturated carbocycles. The summed E-state index contributed by atoms with van der Waals surface area (Å²) in [5.41, 5.74) is 4.62. The monoisotopic (exact) mass is 529 g/mol. The first-order valence-corrected chi connectivity index (χ1v) is 12.5. The van der Waals surface area contributed by atoms with Crippen molar-refractivity contribution in [2.24, 2.45) is 0 Å². The zero-order valence-corrected chi connectivity index (χ0v) is 21.8. The summed E-state index contributed by atoms with van der Waals surface area (Å²) in [5, 5.41) is 15.1. The van der Waals surface area contributed by atoms with Gasteiger partial charge in [-0.2, -0.15) is 0 Å². The number of aryl methyl sites for hydroxylation is 1. The van der Waals surface area contributed by atoms with Crippen LogP contribution in [0.4, 0.5) is 5.69 Å². The number of rotatable bonds is 8. The Morgan fingerprint density at radius 1 is 1.06 bits per heavy atom. The number of carbonyl (C=O) groups excluding carboxylic acids is 2. The SMILES string of the molecule is CCn1c(SCC(=O)Nc2ccc(Br)c(C)c2C)nnc1C(C)NC(=O)c1ccc(C)cc1. The van der Waals surface area contributed by atoms with Crippen LogP contribution in [-0.4, -0.2) is 32.3 Å². The molecule has 2 N–H and O–H groups in total. The molecular formula is C24H28BrN5O2S. The van der Waals surface area contributed by atoms with Crippen LogP contribution in [0.3, 0.4) is 0 Å². The summed E-state index contributed by atoms with van der Waals surface area (Å²) < 4.78 is 2.94. The van der Waals surface area contributed by atoms with E-state index in [1.165, 1.54) is 11.8 Å². The minimum absolute atomic E-state index is 0.113. The fraction of sp³-hybridized carbons (Fsp3) is 0.333. The number of benzene rings is 2. The molecule has 0 aliphatic rings. The zero-order chi connectivity index (χ0) is 24.1. The maximum atomic E-state index is 12.6. The second kappa shape index (κ2) is 11.0. The standard InChI is InChI=1S/C24H28BrN5O2S/c1-6-30-22(17(5)26-23(32)18-9-7-14(2)8-10-18)28-29-24(30)33-13-21(31)27-20-12-11-19(25)15(3)16(20)4/h7-12,17H,6,13H2,1-5H3,(H,26,32)(H,27,31). The van der Waals surface area contributed by atoms with Gasteiger partial charge in [0, 0.05) is 22.3 Å². The molecule has 9 heteroatoms. The summed E-state index contributed by atoms with van der Waals surface area (Å²) in [6.45, 7) is 10.5. The van der Waals surface area contributed by atoms with E-state index in [0.717, 1.165) is 26.9 Å². The number of halogens is 1. The fourth-order valence-corrected chi connectivity index (χ4v) is 4.55. The van der Waals surface area contributed by atoms with Crippen molar-refractivity contribution < 1.29 is 9.59 Å². The van der Waals surface area contributed by atoms with Gasteiger partial charge < -0.3 is 15.2 Å². The molecule has 0 aliphatic heterocycles. The molecule has 174 valence electrons. The molecule has 2 aromatic carbocycles. The first kappa shape index (κ1) is 25.0. The maximum Gasteiger partial charge on any atom is 0.251 e. The van der Waals surface area contributed by atoms with E-state index in [1.54, 1.807) is 12.1 Å². The Hall–Kier alpha value is -2.65. The molecule has 3 aromatic rings. The van der Waals surface area contributed by atoms with Gasteiger partial charge in [0.1, 0.15) is 0 Å². The Bertz CT molecular complexity index is 1160. The number of nitrogens with zero attached hydrogens (tertiary/aromatic N) is 3. The van der Waals surface area contributed by atoms with Crippen LogP contribution in [0, 0.1) is 20.8 Å². The first-order valence-electron chi connectivity index (χ1n) is 10.7. The van der Waals surface area contributed by atoms with Crippen molar-refractivity contribution in [1.82, 2.24) is 20.1 Å². The van der Waals surface area contributed by atoms with E-state index < -0.39 is 0 Å². The predicted molar refractivity (Wildman–Crippen MR) is 136 cm³/mol. The highest BCUT2D eigenvalue weighted by Gasteiger charge is 2.20. The lowest BCUT2D eigenvalue weighted by Gasteiger charge is -2.15. The highest BCUT2D eigenvalue weighted by Crippen LogP contribution is 2.26. The third-order valence-corrected chi connectivity index (χ3v) is 7.26. The summed E-state index contributed by atoms with van der Waals surface area (Å²) in [5.74, 6) is 0.580. The van der Waals surface area contributed by atoms with Crippen LogP contribution in [0.15, 0.2) is 46.0 Å². The topological polar surface area (TPSA) is 88.9 Å². The number of thioether (sulfide) groups is 1. The van der Waals surface area contributed by atoms with Crippen LogP contribution in [-0.2, 0) is 11.3 Å². The maximum absolute atomic E-state index is 12.6. The van der Waals surface area contributed by atoms with Crippen LogP contribution in [0.1, 0.15) is 52.8 Å². The molecule has 0 bridgehead atoms. The van der Waals surface area contributed by atoms with E-state index in [1.807, 2.05) is 63.5 Å². The predicted octanol–water partition coefficient (Wildman–Crippen LogP) is 5.21. The van der Waals surface area contributed by atoms with Crippen LogP contribution in [0.5, 0.6) is 0 Å². The lowest BCUT2D eigenvalue weighted by molar-refractivity contribution is -0.113. The number of amides is 2. The van der Waals surface area contributed by atoms with Crippen molar-refractivity contribution in [3.05, 3.63) is 68.9 Å². The van der Waals surface area contributed by atoms with Crippen molar-refractivity contribution in [1.29, 1.82) is 0 Å². The summed E-state index contributed by atoms with van der Waals surface area (Å²) in [6, 6.07) is 10.9. The number of hydrogen-bond acceptors (Lipinski definition) is 5. The van der Waals surface area contributed by atoms with Crippen molar-refractivity contribution in [2.75, 3.05) is 11.1 Å². The van der Waals surface area contributed by atoms with Crippen molar-refractivity contribution >= 4 is 45.2 Å². The highest BCUT2D eigenvalue weighted by atomic mass is 79.9. The van der Waals surface area contributed by atoms with Gasteiger partial charge in [0.15, 0.2) is 11.0 Å². The van der Waals surface area contributed by atoms with Gasteiger partial charge in [0.2, 0.25) is 5.91 Å². The van der Waals surface area contributed by atoms with Gasteiger partial charge in [-0.3, -0.25) is 9.59 Å². The van der Waals surface area contributed by atoms with E-state index in [9.17, 15) is 9.59 Å². The van der Waals surface area contributed by atoms with Crippen molar-refractivity contribution in [2.45, 2.75) is 52.4 Å². The van der Waals surface area contributed by atoms with Gasteiger partial charge in [0.05, 0.1) is 11.8 Å². The Kier molecular flexibility index (Phi) is 8.31. The Morgan fingerprint density at radius 3 is 2.42 bits per heavy atom. The molecule has 1 atom stereocenters. The summed E-state index contributed by atoms with van der Waals surface area (Å²) in [7, 11) is 0. The van der Waals surface area contributed by atoms with Crippen LogP contribution >= 0.6 is 27.7 Å². The minimum Gasteiger partial charge on any atom is -0.342 e. The van der Waals surface area contributed by atoms with Gasteiger partial charge in [0.25, 0.3) is 5.91 Å². The second-order valence-corrected chi connectivity index (χ2v) is 9.62.